The second kappa shape index (κ2) is 4.68. The number of halogens is 3. The van der Waals surface area contributed by atoms with Gasteiger partial charge in [0.25, 0.3) is 0 Å². The van der Waals surface area contributed by atoms with Gasteiger partial charge in [-0.15, -0.1) is 0 Å². The Hall–Kier alpha value is -1.00. The van der Waals surface area contributed by atoms with Crippen molar-refractivity contribution in [1.29, 1.82) is 0 Å². The summed E-state index contributed by atoms with van der Waals surface area (Å²) in [6, 6.07) is 0. The molecule has 0 aliphatic carbocycles. The molecule has 0 aromatic heterocycles. The molecule has 0 amide bonds. The van der Waals surface area contributed by atoms with Gasteiger partial charge in [-0.3, -0.25) is 0 Å². The highest BCUT2D eigenvalue weighted by atomic mass is 19.4. The van der Waals surface area contributed by atoms with Crippen molar-refractivity contribution in [3.8, 4) is 0 Å². The van der Waals surface area contributed by atoms with Crippen molar-refractivity contribution in [1.82, 2.24) is 0 Å². The summed E-state index contributed by atoms with van der Waals surface area (Å²) in [5.41, 5.74) is -1.66. The normalized spacial score (nSPS) is 13.9. The third-order valence-corrected chi connectivity index (χ3v) is 1.44. The number of carbonyl (C=O) groups is 1. The Bertz CT molecular complexity index is 259. The topological polar surface area (TPSA) is 26.3 Å². The number of esters is 1. The molecular weight excluding hydrogens is 209 g/mol. The Morgan fingerprint density at radius 3 is 2.00 bits per heavy atom. The molecule has 0 saturated heterocycles. The van der Waals surface area contributed by atoms with E-state index in [1.54, 1.807) is 20.8 Å². The summed E-state index contributed by atoms with van der Waals surface area (Å²) < 4.78 is 41.5. The second-order valence-corrected chi connectivity index (χ2v) is 4.05. The van der Waals surface area contributed by atoms with Crippen LogP contribution in [0.1, 0.15) is 34.1 Å². The maximum atomic E-state index is 12.2. The zero-order valence-electron chi connectivity index (χ0n) is 9.23. The van der Waals surface area contributed by atoms with Crippen LogP contribution in [0.2, 0.25) is 0 Å². The van der Waals surface area contributed by atoms with Crippen LogP contribution in [0.5, 0.6) is 0 Å². The van der Waals surface area contributed by atoms with Crippen molar-refractivity contribution in [2.24, 2.45) is 0 Å². The first-order valence-corrected chi connectivity index (χ1v) is 4.57. The van der Waals surface area contributed by atoms with Gasteiger partial charge in [0, 0.05) is 11.6 Å². The molecule has 0 fully saturated rings. The molecule has 88 valence electrons. The molecule has 2 nitrogen and oxygen atoms in total. The molecule has 0 N–H and O–H groups in total. The molecule has 0 aliphatic heterocycles. The maximum absolute atomic E-state index is 12.2. The van der Waals surface area contributed by atoms with Crippen LogP contribution in [-0.4, -0.2) is 17.7 Å². The van der Waals surface area contributed by atoms with E-state index in [1.807, 2.05) is 0 Å². The van der Waals surface area contributed by atoms with E-state index in [0.29, 0.717) is 6.08 Å². The van der Waals surface area contributed by atoms with Crippen LogP contribution >= 0.6 is 0 Å². The van der Waals surface area contributed by atoms with Gasteiger partial charge in [-0.05, 0) is 27.2 Å². The average Bonchev–Trinajstić information content (AvgIpc) is 1.94. The van der Waals surface area contributed by atoms with Crippen molar-refractivity contribution in [3.05, 3.63) is 11.6 Å². The molecule has 5 heteroatoms. The van der Waals surface area contributed by atoms with Crippen LogP contribution in [0.25, 0.3) is 0 Å². The van der Waals surface area contributed by atoms with Gasteiger partial charge in [0.2, 0.25) is 0 Å². The Balaban J connectivity index is 4.66. The predicted octanol–water partition coefficient (Wildman–Crippen LogP) is 3.23. The molecule has 15 heavy (non-hydrogen) atoms. The Morgan fingerprint density at radius 1 is 1.27 bits per heavy atom. The first-order valence-electron chi connectivity index (χ1n) is 4.57. The molecular formula is C10H15F3O2. The zero-order valence-corrected chi connectivity index (χ0v) is 9.23. The number of ether oxygens (including phenoxy) is 1. The standard InChI is InChI=1S/C10H15F3O2/c1-5-7(10(11,12)13)6-8(14)15-9(2,3)4/h6H,5H2,1-4H3/b7-6+. The fraction of sp³-hybridized carbons (Fsp3) is 0.700. The summed E-state index contributed by atoms with van der Waals surface area (Å²) in [5, 5.41) is 0. The molecule has 0 spiro atoms. The van der Waals surface area contributed by atoms with Crippen LogP contribution in [0.15, 0.2) is 11.6 Å². The van der Waals surface area contributed by atoms with Crippen molar-refractivity contribution >= 4 is 5.97 Å². The van der Waals surface area contributed by atoms with Gasteiger partial charge in [0.05, 0.1) is 0 Å². The van der Waals surface area contributed by atoms with E-state index in [-0.39, 0.29) is 6.42 Å². The lowest BCUT2D eigenvalue weighted by Gasteiger charge is -2.18. The fourth-order valence-electron chi connectivity index (χ4n) is 0.858. The average molecular weight is 224 g/mol. The number of allylic oxidation sites excluding steroid dienone is 1. The molecule has 0 bridgehead atoms. The summed E-state index contributed by atoms with van der Waals surface area (Å²) in [6.45, 7) is 6.12. The molecule has 0 heterocycles. The van der Waals surface area contributed by atoms with Gasteiger partial charge in [-0.1, -0.05) is 6.92 Å². The molecule has 0 aromatic carbocycles. The summed E-state index contributed by atoms with van der Waals surface area (Å²) in [6.07, 6.45) is -4.21. The molecule has 0 aromatic rings. The predicted molar refractivity (Wildman–Crippen MR) is 50.3 cm³/mol. The number of alkyl halides is 3. The van der Waals surface area contributed by atoms with E-state index < -0.39 is 23.3 Å². The number of hydrogen-bond acceptors (Lipinski definition) is 2. The molecule has 0 saturated carbocycles. The fourth-order valence-corrected chi connectivity index (χ4v) is 0.858. The molecule has 0 atom stereocenters. The minimum Gasteiger partial charge on any atom is -0.457 e. The molecule has 0 radical (unpaired) electrons. The zero-order chi connectivity index (χ0) is 12.3. The second-order valence-electron chi connectivity index (χ2n) is 4.05. The number of rotatable bonds is 2. The van der Waals surface area contributed by atoms with E-state index in [9.17, 15) is 18.0 Å². The van der Waals surface area contributed by atoms with Gasteiger partial charge >= 0.3 is 12.1 Å². The lowest BCUT2D eigenvalue weighted by molar-refractivity contribution is -0.149. The number of carbonyl (C=O) groups excluding carboxylic acids is 1. The Labute approximate surface area is 87.1 Å². The van der Waals surface area contributed by atoms with Gasteiger partial charge in [-0.2, -0.15) is 13.2 Å². The largest absolute Gasteiger partial charge is 0.457 e. The lowest BCUT2D eigenvalue weighted by Crippen LogP contribution is -2.24. The van der Waals surface area contributed by atoms with E-state index in [4.69, 9.17) is 4.74 Å². The third kappa shape index (κ3) is 6.14. The highest BCUT2D eigenvalue weighted by molar-refractivity contribution is 5.83. The van der Waals surface area contributed by atoms with E-state index >= 15 is 0 Å². The first-order chi connectivity index (χ1) is 6.56. The third-order valence-electron chi connectivity index (χ3n) is 1.44. The quantitative estimate of drug-likeness (QED) is 0.531. The van der Waals surface area contributed by atoms with E-state index in [2.05, 4.69) is 0 Å². The number of hydrogen-bond donors (Lipinski definition) is 0. The highest BCUT2D eigenvalue weighted by Crippen LogP contribution is 2.28. The van der Waals surface area contributed by atoms with Crippen molar-refractivity contribution in [2.75, 3.05) is 0 Å². The van der Waals surface area contributed by atoms with E-state index in [1.165, 1.54) is 6.92 Å². The highest BCUT2D eigenvalue weighted by Gasteiger charge is 2.33. The minimum absolute atomic E-state index is 0.247. The van der Waals surface area contributed by atoms with Crippen LogP contribution in [0.3, 0.4) is 0 Å². The Kier molecular flexibility index (Phi) is 4.37. The lowest BCUT2D eigenvalue weighted by atomic mass is 10.1. The van der Waals surface area contributed by atoms with Gasteiger partial charge in [0.15, 0.2) is 0 Å². The molecule has 0 rings (SSSR count). The van der Waals surface area contributed by atoms with Crippen molar-refractivity contribution < 1.29 is 22.7 Å². The molecule has 0 unspecified atom stereocenters. The van der Waals surface area contributed by atoms with Crippen LogP contribution in [-0.2, 0) is 9.53 Å². The summed E-state index contributed by atoms with van der Waals surface area (Å²) in [4.78, 5) is 11.1. The minimum atomic E-state index is -4.47. The summed E-state index contributed by atoms with van der Waals surface area (Å²) in [5.74, 6) is -0.961. The molecule has 0 aliphatic rings. The van der Waals surface area contributed by atoms with Crippen LogP contribution < -0.4 is 0 Å². The Morgan fingerprint density at radius 2 is 1.73 bits per heavy atom. The first kappa shape index (κ1) is 14.0. The summed E-state index contributed by atoms with van der Waals surface area (Å²) >= 11 is 0. The van der Waals surface area contributed by atoms with Crippen LogP contribution in [0.4, 0.5) is 13.2 Å². The van der Waals surface area contributed by atoms with E-state index in [0.717, 1.165) is 0 Å². The maximum Gasteiger partial charge on any atom is 0.412 e. The van der Waals surface area contributed by atoms with Crippen molar-refractivity contribution in [2.45, 2.75) is 45.9 Å². The van der Waals surface area contributed by atoms with Gasteiger partial charge in [-0.25, -0.2) is 4.79 Å². The van der Waals surface area contributed by atoms with Gasteiger partial charge in [0.1, 0.15) is 5.60 Å². The SMILES string of the molecule is CC/C(=C\C(=O)OC(C)(C)C)C(F)(F)F. The monoisotopic (exact) mass is 224 g/mol. The van der Waals surface area contributed by atoms with Crippen LogP contribution in [0, 0.1) is 0 Å². The van der Waals surface area contributed by atoms with Gasteiger partial charge < -0.3 is 4.74 Å². The smallest absolute Gasteiger partial charge is 0.412 e. The summed E-state index contributed by atoms with van der Waals surface area (Å²) in [7, 11) is 0. The van der Waals surface area contributed by atoms with Crippen molar-refractivity contribution in [3.63, 3.8) is 0 Å².